The fourth-order valence-corrected chi connectivity index (χ4v) is 3.37. The van der Waals surface area contributed by atoms with Crippen LogP contribution in [-0.4, -0.2) is 0 Å². The molecule has 0 unspecified atom stereocenters. The Bertz CT molecular complexity index is 856. The lowest BCUT2D eigenvalue weighted by Crippen LogP contribution is -1.98. The smallest absolute Gasteiger partial charge is 0.0400 e. The first-order valence-corrected chi connectivity index (χ1v) is 7.80. The summed E-state index contributed by atoms with van der Waals surface area (Å²) in [6, 6.07) is 18.4. The SMILES string of the molecule is Cc1cc(C)c(-c2c(N)cccc2-c2cccc(N)c2)c(C)c1. The summed E-state index contributed by atoms with van der Waals surface area (Å²) in [4.78, 5) is 0. The van der Waals surface area contributed by atoms with Gasteiger partial charge < -0.3 is 11.5 Å². The molecule has 0 saturated heterocycles. The zero-order chi connectivity index (χ0) is 16.6. The molecule has 3 rings (SSSR count). The van der Waals surface area contributed by atoms with Crippen molar-refractivity contribution >= 4 is 11.4 Å². The van der Waals surface area contributed by atoms with Crippen LogP contribution in [0.5, 0.6) is 0 Å². The topological polar surface area (TPSA) is 52.0 Å². The van der Waals surface area contributed by atoms with Gasteiger partial charge in [-0.2, -0.15) is 0 Å². The van der Waals surface area contributed by atoms with Gasteiger partial charge in [-0.05, 0) is 66.8 Å². The molecule has 3 aromatic rings. The van der Waals surface area contributed by atoms with Crippen LogP contribution in [0.1, 0.15) is 16.7 Å². The van der Waals surface area contributed by atoms with Gasteiger partial charge in [0.25, 0.3) is 0 Å². The van der Waals surface area contributed by atoms with Crippen molar-refractivity contribution in [3.05, 3.63) is 71.3 Å². The Balaban J connectivity index is 2.33. The van der Waals surface area contributed by atoms with Crippen LogP contribution in [0, 0.1) is 20.8 Å². The van der Waals surface area contributed by atoms with Gasteiger partial charge in [-0.1, -0.05) is 42.0 Å². The van der Waals surface area contributed by atoms with E-state index in [1.165, 1.54) is 22.3 Å². The second-order valence-corrected chi connectivity index (χ2v) is 6.17. The van der Waals surface area contributed by atoms with E-state index < -0.39 is 0 Å². The number of nitrogens with two attached hydrogens (primary N) is 2. The third kappa shape index (κ3) is 2.80. The van der Waals surface area contributed by atoms with Gasteiger partial charge in [0.1, 0.15) is 0 Å². The fourth-order valence-electron chi connectivity index (χ4n) is 3.37. The Morgan fingerprint density at radius 1 is 0.696 bits per heavy atom. The van der Waals surface area contributed by atoms with Crippen molar-refractivity contribution in [3.8, 4) is 22.3 Å². The molecule has 3 aromatic carbocycles. The number of rotatable bonds is 2. The van der Waals surface area contributed by atoms with Gasteiger partial charge in [0.2, 0.25) is 0 Å². The lowest BCUT2D eigenvalue weighted by molar-refractivity contribution is 1.32. The van der Waals surface area contributed by atoms with Crippen LogP contribution in [0.25, 0.3) is 22.3 Å². The summed E-state index contributed by atoms with van der Waals surface area (Å²) in [6.45, 7) is 6.41. The third-order valence-electron chi connectivity index (χ3n) is 4.22. The second-order valence-electron chi connectivity index (χ2n) is 6.17. The number of aryl methyl sites for hydroxylation is 3. The molecule has 116 valence electrons. The molecule has 0 aliphatic heterocycles. The van der Waals surface area contributed by atoms with Crippen LogP contribution < -0.4 is 11.5 Å². The molecular weight excluding hydrogens is 280 g/mol. The first-order valence-electron chi connectivity index (χ1n) is 7.80. The van der Waals surface area contributed by atoms with Crippen LogP contribution in [0.4, 0.5) is 11.4 Å². The minimum absolute atomic E-state index is 0.758. The molecule has 4 N–H and O–H groups in total. The highest BCUT2D eigenvalue weighted by atomic mass is 14.6. The van der Waals surface area contributed by atoms with Crippen molar-refractivity contribution in [1.82, 2.24) is 0 Å². The first-order chi connectivity index (χ1) is 11.0. The molecule has 0 fully saturated rings. The average molecular weight is 302 g/mol. The molecule has 2 nitrogen and oxygen atoms in total. The van der Waals surface area contributed by atoms with Crippen LogP contribution in [0.15, 0.2) is 54.6 Å². The molecule has 2 heteroatoms. The Morgan fingerprint density at radius 2 is 1.35 bits per heavy atom. The van der Waals surface area contributed by atoms with Gasteiger partial charge in [-0.3, -0.25) is 0 Å². The van der Waals surface area contributed by atoms with Gasteiger partial charge in [0.15, 0.2) is 0 Å². The van der Waals surface area contributed by atoms with Crippen molar-refractivity contribution in [2.24, 2.45) is 0 Å². The number of benzene rings is 3. The highest BCUT2D eigenvalue weighted by Crippen LogP contribution is 2.40. The molecule has 0 aromatic heterocycles. The summed E-state index contributed by atoms with van der Waals surface area (Å²) in [5.74, 6) is 0. The van der Waals surface area contributed by atoms with Crippen LogP contribution in [-0.2, 0) is 0 Å². The van der Waals surface area contributed by atoms with Gasteiger partial charge >= 0.3 is 0 Å². The van der Waals surface area contributed by atoms with E-state index in [0.717, 1.165) is 28.1 Å². The minimum atomic E-state index is 0.758. The number of nitrogen functional groups attached to an aromatic ring is 2. The van der Waals surface area contributed by atoms with E-state index >= 15 is 0 Å². The van der Waals surface area contributed by atoms with Crippen LogP contribution >= 0.6 is 0 Å². The second kappa shape index (κ2) is 5.81. The zero-order valence-corrected chi connectivity index (χ0v) is 13.9. The highest BCUT2D eigenvalue weighted by molar-refractivity contribution is 5.93. The summed E-state index contributed by atoms with van der Waals surface area (Å²) in [7, 11) is 0. The maximum atomic E-state index is 6.37. The number of hydrogen-bond acceptors (Lipinski definition) is 2. The van der Waals surface area contributed by atoms with Crippen molar-refractivity contribution in [1.29, 1.82) is 0 Å². The molecule has 0 amide bonds. The standard InChI is InChI=1S/C21H22N2/c1-13-10-14(2)20(15(3)11-13)21-18(8-5-9-19(21)23)16-6-4-7-17(22)12-16/h4-12H,22-23H2,1-3H3. The van der Waals surface area contributed by atoms with Crippen molar-refractivity contribution in [2.45, 2.75) is 20.8 Å². The summed E-state index contributed by atoms with van der Waals surface area (Å²) in [5.41, 5.74) is 22.2. The molecule has 0 spiro atoms. The van der Waals surface area contributed by atoms with E-state index in [1.807, 2.05) is 30.3 Å². The molecule has 0 atom stereocenters. The summed E-state index contributed by atoms with van der Waals surface area (Å²) in [5, 5.41) is 0. The summed E-state index contributed by atoms with van der Waals surface area (Å²) in [6.07, 6.45) is 0. The van der Waals surface area contributed by atoms with Gasteiger partial charge in [-0.15, -0.1) is 0 Å². The lowest BCUT2D eigenvalue weighted by atomic mass is 9.87. The summed E-state index contributed by atoms with van der Waals surface area (Å²) < 4.78 is 0. The predicted octanol–water partition coefficient (Wildman–Crippen LogP) is 5.11. The number of hydrogen-bond donors (Lipinski definition) is 2. The van der Waals surface area contributed by atoms with Crippen molar-refractivity contribution in [2.75, 3.05) is 11.5 Å². The Kier molecular flexibility index (Phi) is 3.83. The Labute approximate surface area is 137 Å². The maximum absolute atomic E-state index is 6.37. The predicted molar refractivity (Wildman–Crippen MR) is 100 cm³/mol. The maximum Gasteiger partial charge on any atom is 0.0400 e. The fraction of sp³-hybridized carbons (Fsp3) is 0.143. The molecule has 0 radical (unpaired) electrons. The normalized spacial score (nSPS) is 10.7. The molecule has 0 aliphatic rings. The molecule has 0 aliphatic carbocycles. The number of anilines is 2. The molecule has 0 bridgehead atoms. The Morgan fingerprint density at radius 3 is 2.00 bits per heavy atom. The van der Waals surface area contributed by atoms with Crippen molar-refractivity contribution in [3.63, 3.8) is 0 Å². The molecule has 0 saturated carbocycles. The van der Waals surface area contributed by atoms with E-state index in [1.54, 1.807) is 0 Å². The van der Waals surface area contributed by atoms with Gasteiger partial charge in [-0.25, -0.2) is 0 Å². The monoisotopic (exact) mass is 302 g/mol. The van der Waals surface area contributed by atoms with Crippen LogP contribution in [0.2, 0.25) is 0 Å². The molecular formula is C21H22N2. The Hall–Kier alpha value is -2.74. The quantitative estimate of drug-likeness (QED) is 0.646. The van der Waals surface area contributed by atoms with Gasteiger partial charge in [0, 0.05) is 16.9 Å². The van der Waals surface area contributed by atoms with Crippen LogP contribution in [0.3, 0.4) is 0 Å². The van der Waals surface area contributed by atoms with E-state index in [-0.39, 0.29) is 0 Å². The molecule has 23 heavy (non-hydrogen) atoms. The summed E-state index contributed by atoms with van der Waals surface area (Å²) >= 11 is 0. The first kappa shape index (κ1) is 15.2. The lowest BCUT2D eigenvalue weighted by Gasteiger charge is -2.18. The minimum Gasteiger partial charge on any atom is -0.399 e. The van der Waals surface area contributed by atoms with E-state index in [9.17, 15) is 0 Å². The average Bonchev–Trinajstić information content (AvgIpc) is 2.48. The largest absolute Gasteiger partial charge is 0.399 e. The van der Waals surface area contributed by atoms with E-state index in [4.69, 9.17) is 11.5 Å². The van der Waals surface area contributed by atoms with Crippen molar-refractivity contribution < 1.29 is 0 Å². The third-order valence-corrected chi connectivity index (χ3v) is 4.22. The van der Waals surface area contributed by atoms with Gasteiger partial charge in [0.05, 0.1) is 0 Å². The van der Waals surface area contributed by atoms with E-state index in [2.05, 4.69) is 45.0 Å². The highest BCUT2D eigenvalue weighted by Gasteiger charge is 2.15. The zero-order valence-electron chi connectivity index (χ0n) is 13.9. The van der Waals surface area contributed by atoms with E-state index in [0.29, 0.717) is 0 Å². The molecule has 0 heterocycles.